The Labute approximate surface area is 111 Å². The van der Waals surface area contributed by atoms with Crippen molar-refractivity contribution in [2.75, 3.05) is 46.6 Å². The van der Waals surface area contributed by atoms with Gasteiger partial charge in [-0.2, -0.15) is 0 Å². The van der Waals surface area contributed by atoms with Crippen LogP contribution in [0.25, 0.3) is 0 Å². The molecule has 0 radical (unpaired) electrons. The van der Waals surface area contributed by atoms with E-state index >= 15 is 0 Å². The molecule has 2 fully saturated rings. The largest absolute Gasteiger partial charge is 0.381 e. The molecule has 2 aliphatic rings. The predicted molar refractivity (Wildman–Crippen MR) is 72.9 cm³/mol. The molecular formula is C14H28N2O2. The van der Waals surface area contributed by atoms with Gasteiger partial charge in [-0.05, 0) is 32.9 Å². The average Bonchev–Trinajstić information content (AvgIpc) is 2.42. The Hall–Kier alpha value is -0.160. The predicted octanol–water partition coefficient (Wildman–Crippen LogP) is 1.11. The van der Waals surface area contributed by atoms with Crippen LogP contribution < -0.4 is 5.32 Å². The highest BCUT2D eigenvalue weighted by atomic mass is 16.5. The molecule has 106 valence electrons. The molecule has 2 saturated heterocycles. The molecular weight excluding hydrogens is 228 g/mol. The van der Waals surface area contributed by atoms with E-state index in [2.05, 4.69) is 24.2 Å². The first-order chi connectivity index (χ1) is 8.81. The Bertz CT molecular complexity index is 230. The topological polar surface area (TPSA) is 33.7 Å². The minimum absolute atomic E-state index is 0.631. The molecule has 1 N–H and O–H groups in total. The smallest absolute Gasteiger partial charge is 0.0521 e. The van der Waals surface area contributed by atoms with Gasteiger partial charge in [-0.1, -0.05) is 6.92 Å². The van der Waals surface area contributed by atoms with E-state index < -0.39 is 0 Å². The highest BCUT2D eigenvalue weighted by Gasteiger charge is 2.28. The molecule has 0 spiro atoms. The number of nitrogens with zero attached hydrogens (tertiary/aromatic N) is 1. The van der Waals surface area contributed by atoms with E-state index in [0.717, 1.165) is 45.9 Å². The Balaban J connectivity index is 1.81. The molecule has 4 nitrogen and oxygen atoms in total. The van der Waals surface area contributed by atoms with Crippen LogP contribution >= 0.6 is 0 Å². The molecule has 0 aliphatic carbocycles. The van der Waals surface area contributed by atoms with Crippen LogP contribution in [0.3, 0.4) is 0 Å². The lowest BCUT2D eigenvalue weighted by atomic mass is 9.94. The monoisotopic (exact) mass is 256 g/mol. The zero-order chi connectivity index (χ0) is 12.8. The normalized spacial score (nSPS) is 30.8. The van der Waals surface area contributed by atoms with E-state index in [1.54, 1.807) is 0 Å². The molecule has 0 aromatic carbocycles. The summed E-state index contributed by atoms with van der Waals surface area (Å²) in [6.07, 6.45) is 3.51. The Morgan fingerprint density at radius 2 is 1.83 bits per heavy atom. The van der Waals surface area contributed by atoms with Crippen molar-refractivity contribution in [2.24, 2.45) is 5.92 Å². The van der Waals surface area contributed by atoms with Crippen molar-refractivity contribution in [2.45, 2.75) is 38.3 Å². The van der Waals surface area contributed by atoms with Gasteiger partial charge in [0.05, 0.1) is 6.61 Å². The summed E-state index contributed by atoms with van der Waals surface area (Å²) in [5.74, 6) is 0.631. The molecule has 0 bridgehead atoms. The number of rotatable bonds is 5. The van der Waals surface area contributed by atoms with Crippen molar-refractivity contribution in [1.29, 1.82) is 0 Å². The fourth-order valence-electron chi connectivity index (χ4n) is 3.15. The van der Waals surface area contributed by atoms with Gasteiger partial charge in [0.15, 0.2) is 0 Å². The summed E-state index contributed by atoms with van der Waals surface area (Å²) in [6, 6.07) is 1.33. The van der Waals surface area contributed by atoms with Gasteiger partial charge in [0.25, 0.3) is 0 Å². The van der Waals surface area contributed by atoms with Gasteiger partial charge in [0.1, 0.15) is 0 Å². The van der Waals surface area contributed by atoms with E-state index in [1.165, 1.54) is 12.8 Å². The standard InChI is InChI=1S/C14H28N2O2/c1-3-15-14-6-9-18-11-12(14)10-16(2)13-4-7-17-8-5-13/h12-15H,3-11H2,1-2H3. The summed E-state index contributed by atoms with van der Waals surface area (Å²) in [7, 11) is 2.26. The van der Waals surface area contributed by atoms with Crippen LogP contribution in [-0.4, -0.2) is 63.5 Å². The molecule has 2 aliphatic heterocycles. The van der Waals surface area contributed by atoms with E-state index in [9.17, 15) is 0 Å². The molecule has 18 heavy (non-hydrogen) atoms. The van der Waals surface area contributed by atoms with Gasteiger partial charge in [-0.15, -0.1) is 0 Å². The molecule has 0 aromatic rings. The molecule has 2 atom stereocenters. The zero-order valence-corrected chi connectivity index (χ0v) is 11.9. The number of nitrogens with one attached hydrogen (secondary N) is 1. The van der Waals surface area contributed by atoms with Gasteiger partial charge >= 0.3 is 0 Å². The average molecular weight is 256 g/mol. The second-order valence-electron chi connectivity index (χ2n) is 5.57. The van der Waals surface area contributed by atoms with Gasteiger partial charge < -0.3 is 19.7 Å². The second kappa shape index (κ2) is 7.43. The van der Waals surface area contributed by atoms with Crippen molar-refractivity contribution in [3.8, 4) is 0 Å². The zero-order valence-electron chi connectivity index (χ0n) is 11.9. The van der Waals surface area contributed by atoms with Crippen molar-refractivity contribution in [1.82, 2.24) is 10.2 Å². The number of hydrogen-bond donors (Lipinski definition) is 1. The fraction of sp³-hybridized carbons (Fsp3) is 1.00. The maximum Gasteiger partial charge on any atom is 0.0521 e. The van der Waals surface area contributed by atoms with E-state index in [1.807, 2.05) is 0 Å². The Morgan fingerprint density at radius 1 is 1.11 bits per heavy atom. The highest BCUT2D eigenvalue weighted by molar-refractivity contribution is 4.83. The maximum absolute atomic E-state index is 5.66. The van der Waals surface area contributed by atoms with Gasteiger partial charge in [-0.25, -0.2) is 0 Å². The molecule has 0 saturated carbocycles. The lowest BCUT2D eigenvalue weighted by molar-refractivity contribution is -0.00172. The maximum atomic E-state index is 5.66. The molecule has 2 rings (SSSR count). The first kappa shape index (κ1) is 14.3. The summed E-state index contributed by atoms with van der Waals surface area (Å²) >= 11 is 0. The van der Waals surface area contributed by atoms with Crippen LogP contribution in [0.15, 0.2) is 0 Å². The summed E-state index contributed by atoms with van der Waals surface area (Å²) in [5.41, 5.74) is 0. The summed E-state index contributed by atoms with van der Waals surface area (Å²) in [6.45, 7) is 8.05. The quantitative estimate of drug-likeness (QED) is 0.799. The molecule has 4 heteroatoms. The van der Waals surface area contributed by atoms with E-state index in [-0.39, 0.29) is 0 Å². The molecule has 0 aromatic heterocycles. The van der Waals surface area contributed by atoms with Crippen LogP contribution in [0.4, 0.5) is 0 Å². The molecule has 2 unspecified atom stereocenters. The highest BCUT2D eigenvalue weighted by Crippen LogP contribution is 2.19. The summed E-state index contributed by atoms with van der Waals surface area (Å²) in [5, 5.41) is 3.61. The number of ether oxygens (including phenoxy) is 2. The minimum atomic E-state index is 0.631. The van der Waals surface area contributed by atoms with E-state index in [4.69, 9.17) is 9.47 Å². The van der Waals surface area contributed by atoms with Crippen LogP contribution in [0, 0.1) is 5.92 Å². The van der Waals surface area contributed by atoms with Crippen LogP contribution in [0.5, 0.6) is 0 Å². The van der Waals surface area contributed by atoms with Gasteiger partial charge in [-0.3, -0.25) is 0 Å². The molecule has 2 heterocycles. The Kier molecular flexibility index (Phi) is 5.89. The van der Waals surface area contributed by atoms with Crippen LogP contribution in [0.1, 0.15) is 26.2 Å². The summed E-state index contributed by atoms with van der Waals surface area (Å²) in [4.78, 5) is 2.52. The van der Waals surface area contributed by atoms with Gasteiger partial charge in [0.2, 0.25) is 0 Å². The van der Waals surface area contributed by atoms with Crippen LogP contribution in [-0.2, 0) is 9.47 Å². The minimum Gasteiger partial charge on any atom is -0.381 e. The SMILES string of the molecule is CCNC1CCOCC1CN(C)C1CCOCC1. The third-order valence-corrected chi connectivity index (χ3v) is 4.28. The second-order valence-corrected chi connectivity index (χ2v) is 5.57. The van der Waals surface area contributed by atoms with Gasteiger partial charge in [0, 0.05) is 44.4 Å². The summed E-state index contributed by atoms with van der Waals surface area (Å²) < 4.78 is 11.1. The lowest BCUT2D eigenvalue weighted by Crippen LogP contribution is -2.49. The van der Waals surface area contributed by atoms with Crippen LogP contribution in [0.2, 0.25) is 0 Å². The van der Waals surface area contributed by atoms with E-state index in [0.29, 0.717) is 18.0 Å². The fourth-order valence-corrected chi connectivity index (χ4v) is 3.15. The van der Waals surface area contributed by atoms with Crippen molar-refractivity contribution < 1.29 is 9.47 Å². The Morgan fingerprint density at radius 3 is 2.56 bits per heavy atom. The third kappa shape index (κ3) is 3.92. The first-order valence-corrected chi connectivity index (χ1v) is 7.40. The lowest BCUT2D eigenvalue weighted by Gasteiger charge is -2.38. The van der Waals surface area contributed by atoms with Crippen molar-refractivity contribution in [3.63, 3.8) is 0 Å². The third-order valence-electron chi connectivity index (χ3n) is 4.28. The van der Waals surface area contributed by atoms with Crippen molar-refractivity contribution >= 4 is 0 Å². The molecule has 0 amide bonds. The first-order valence-electron chi connectivity index (χ1n) is 7.40. The van der Waals surface area contributed by atoms with Crippen molar-refractivity contribution in [3.05, 3.63) is 0 Å². The number of hydrogen-bond acceptors (Lipinski definition) is 4.